The highest BCUT2D eigenvalue weighted by Gasteiger charge is 2.38. The summed E-state index contributed by atoms with van der Waals surface area (Å²) in [5.41, 5.74) is 2.43. The average molecular weight is 279 g/mol. The van der Waals surface area contributed by atoms with E-state index in [2.05, 4.69) is 25.2 Å². The summed E-state index contributed by atoms with van der Waals surface area (Å²) in [7, 11) is -1.58. The monoisotopic (exact) mass is 278 g/mol. The van der Waals surface area contributed by atoms with Crippen LogP contribution in [0.5, 0.6) is 0 Å². The van der Waals surface area contributed by atoms with Crippen molar-refractivity contribution in [2.75, 3.05) is 0 Å². The zero-order valence-electron chi connectivity index (χ0n) is 9.72. The smallest absolute Gasteiger partial charge is 0.0843 e. The fraction of sp³-hybridized carbons (Fsp3) is 0.143. The molecule has 0 radical (unpaired) electrons. The molecule has 0 saturated heterocycles. The fourth-order valence-corrected chi connectivity index (χ4v) is 6.33. The first-order chi connectivity index (χ1) is 8.01. The van der Waals surface area contributed by atoms with Crippen molar-refractivity contribution >= 4 is 41.6 Å². The second-order valence-corrected chi connectivity index (χ2v) is 10.1. The minimum Gasteiger partial charge on any atom is -0.0843 e. The van der Waals surface area contributed by atoms with Crippen molar-refractivity contribution in [2.45, 2.75) is 13.1 Å². The number of halogens is 2. The normalized spacial score (nSPS) is 15.5. The summed E-state index contributed by atoms with van der Waals surface area (Å²) in [4.78, 5) is 0. The van der Waals surface area contributed by atoms with Crippen LogP contribution < -0.4 is 10.4 Å². The standard InChI is InChI=1S/C14H12Cl2Si/c1-17(2)12-7-6-9(15)8-10(12)14-11(16)4-3-5-13(14)17/h3-8H,1-2H3. The van der Waals surface area contributed by atoms with Gasteiger partial charge in [0.25, 0.3) is 0 Å². The number of rotatable bonds is 0. The van der Waals surface area contributed by atoms with Gasteiger partial charge in [0, 0.05) is 10.0 Å². The van der Waals surface area contributed by atoms with Gasteiger partial charge in [-0.05, 0) is 39.7 Å². The van der Waals surface area contributed by atoms with Gasteiger partial charge in [-0.1, -0.05) is 54.5 Å². The van der Waals surface area contributed by atoms with Crippen molar-refractivity contribution in [3.63, 3.8) is 0 Å². The molecule has 1 aliphatic heterocycles. The Bertz CT molecular complexity index is 618. The maximum absolute atomic E-state index is 6.36. The molecule has 3 rings (SSSR count). The van der Waals surface area contributed by atoms with Gasteiger partial charge >= 0.3 is 0 Å². The number of hydrogen-bond acceptors (Lipinski definition) is 0. The maximum atomic E-state index is 6.36. The molecular weight excluding hydrogens is 267 g/mol. The number of benzene rings is 2. The van der Waals surface area contributed by atoms with Crippen LogP contribution in [0.2, 0.25) is 23.1 Å². The topological polar surface area (TPSA) is 0 Å². The lowest BCUT2D eigenvalue weighted by Crippen LogP contribution is -2.49. The molecule has 0 N–H and O–H groups in total. The predicted octanol–water partition coefficient (Wildman–Crippen LogP) is 3.80. The molecule has 0 bridgehead atoms. The van der Waals surface area contributed by atoms with Crippen molar-refractivity contribution in [2.24, 2.45) is 0 Å². The first kappa shape index (κ1) is 11.3. The minimum absolute atomic E-state index is 0.779. The highest BCUT2D eigenvalue weighted by molar-refractivity contribution is 7.04. The Labute approximate surface area is 112 Å². The second-order valence-electron chi connectivity index (χ2n) is 4.98. The van der Waals surface area contributed by atoms with Gasteiger partial charge in [-0.2, -0.15) is 0 Å². The molecule has 1 aliphatic rings. The van der Waals surface area contributed by atoms with E-state index in [9.17, 15) is 0 Å². The molecule has 3 heteroatoms. The van der Waals surface area contributed by atoms with E-state index < -0.39 is 8.07 Å². The van der Waals surface area contributed by atoms with Crippen LogP contribution in [0.15, 0.2) is 36.4 Å². The highest BCUT2D eigenvalue weighted by atomic mass is 35.5. The zero-order valence-corrected chi connectivity index (χ0v) is 12.2. The molecule has 86 valence electrons. The predicted molar refractivity (Wildman–Crippen MR) is 78.6 cm³/mol. The van der Waals surface area contributed by atoms with Gasteiger partial charge in [0.1, 0.15) is 8.07 Å². The number of fused-ring (bicyclic) bond motifs is 3. The van der Waals surface area contributed by atoms with Crippen molar-refractivity contribution in [1.29, 1.82) is 0 Å². The van der Waals surface area contributed by atoms with Crippen LogP contribution in [-0.4, -0.2) is 8.07 Å². The summed E-state index contributed by atoms with van der Waals surface area (Å²) < 4.78 is 0. The van der Waals surface area contributed by atoms with Gasteiger partial charge in [0.05, 0.1) is 0 Å². The summed E-state index contributed by atoms with van der Waals surface area (Å²) in [6, 6.07) is 12.4. The first-order valence-electron chi connectivity index (χ1n) is 5.61. The Morgan fingerprint density at radius 3 is 2.47 bits per heavy atom. The molecule has 0 saturated carbocycles. The molecule has 0 nitrogen and oxygen atoms in total. The van der Waals surface area contributed by atoms with Crippen LogP contribution in [0.25, 0.3) is 11.1 Å². The minimum atomic E-state index is -1.58. The quantitative estimate of drug-likeness (QED) is 0.643. The molecule has 2 aromatic carbocycles. The lowest BCUT2D eigenvalue weighted by molar-refractivity contribution is 1.70. The summed E-state index contributed by atoms with van der Waals surface area (Å²) in [6.07, 6.45) is 0. The van der Waals surface area contributed by atoms with Crippen molar-refractivity contribution in [3.8, 4) is 11.1 Å². The molecule has 17 heavy (non-hydrogen) atoms. The summed E-state index contributed by atoms with van der Waals surface area (Å²) in [5.74, 6) is 0. The highest BCUT2D eigenvalue weighted by Crippen LogP contribution is 2.34. The average Bonchev–Trinajstić information content (AvgIpc) is 2.49. The molecule has 0 spiro atoms. The molecule has 0 aliphatic carbocycles. The van der Waals surface area contributed by atoms with E-state index in [1.165, 1.54) is 21.5 Å². The Balaban J connectivity index is 2.44. The van der Waals surface area contributed by atoms with Crippen molar-refractivity contribution < 1.29 is 0 Å². The Hall–Kier alpha value is -0.763. The Morgan fingerprint density at radius 2 is 1.71 bits per heavy atom. The van der Waals surface area contributed by atoms with E-state index in [0.717, 1.165) is 10.0 Å². The second kappa shape index (κ2) is 3.61. The third-order valence-corrected chi connectivity index (χ3v) is 7.71. The van der Waals surface area contributed by atoms with Crippen LogP contribution in [-0.2, 0) is 0 Å². The van der Waals surface area contributed by atoms with E-state index in [1.54, 1.807) is 0 Å². The van der Waals surface area contributed by atoms with E-state index in [1.807, 2.05) is 24.3 Å². The lowest BCUT2D eigenvalue weighted by atomic mass is 10.1. The van der Waals surface area contributed by atoms with Crippen LogP contribution >= 0.6 is 23.2 Å². The third kappa shape index (κ3) is 1.50. The molecule has 0 amide bonds. The number of hydrogen-bond donors (Lipinski definition) is 0. The summed E-state index contributed by atoms with van der Waals surface area (Å²) >= 11 is 12.5. The molecular formula is C14H12Cl2Si. The van der Waals surface area contributed by atoms with E-state index in [-0.39, 0.29) is 0 Å². The zero-order chi connectivity index (χ0) is 12.2. The van der Waals surface area contributed by atoms with E-state index in [0.29, 0.717) is 0 Å². The molecule has 0 atom stereocenters. The van der Waals surface area contributed by atoms with E-state index >= 15 is 0 Å². The largest absolute Gasteiger partial charge is 0.113 e. The molecule has 0 unspecified atom stereocenters. The Kier molecular flexibility index (Phi) is 2.41. The first-order valence-corrected chi connectivity index (χ1v) is 9.37. The van der Waals surface area contributed by atoms with Gasteiger partial charge in [0.2, 0.25) is 0 Å². The summed E-state index contributed by atoms with van der Waals surface area (Å²) in [6.45, 7) is 4.73. The SMILES string of the molecule is C[Si]1(C)c2ccc(Cl)cc2-c2c(Cl)cccc21. The van der Waals surface area contributed by atoms with Gasteiger partial charge in [0.15, 0.2) is 0 Å². The Morgan fingerprint density at radius 1 is 0.941 bits per heavy atom. The lowest BCUT2D eigenvalue weighted by Gasteiger charge is -2.18. The van der Waals surface area contributed by atoms with Crippen molar-refractivity contribution in [1.82, 2.24) is 0 Å². The summed E-state index contributed by atoms with van der Waals surface area (Å²) in [5, 5.41) is 4.47. The molecule has 1 heterocycles. The van der Waals surface area contributed by atoms with Gasteiger partial charge in [-0.3, -0.25) is 0 Å². The van der Waals surface area contributed by atoms with Crippen molar-refractivity contribution in [3.05, 3.63) is 46.4 Å². The van der Waals surface area contributed by atoms with E-state index in [4.69, 9.17) is 23.2 Å². The van der Waals surface area contributed by atoms with Crippen LogP contribution in [0, 0.1) is 0 Å². The third-order valence-electron chi connectivity index (χ3n) is 3.61. The molecule has 0 aromatic heterocycles. The van der Waals surface area contributed by atoms with Crippen LogP contribution in [0.1, 0.15) is 0 Å². The molecule has 2 aromatic rings. The van der Waals surface area contributed by atoms with Gasteiger partial charge < -0.3 is 0 Å². The van der Waals surface area contributed by atoms with Crippen LogP contribution in [0.3, 0.4) is 0 Å². The fourth-order valence-electron chi connectivity index (χ4n) is 2.73. The molecule has 0 fully saturated rings. The van der Waals surface area contributed by atoms with Gasteiger partial charge in [-0.15, -0.1) is 0 Å². The maximum Gasteiger partial charge on any atom is 0.113 e. The van der Waals surface area contributed by atoms with Gasteiger partial charge in [-0.25, -0.2) is 0 Å². The van der Waals surface area contributed by atoms with Crippen LogP contribution in [0.4, 0.5) is 0 Å².